The maximum Gasteiger partial charge on any atom is 0.243 e. The fraction of sp³-hybridized carbons (Fsp3) is 0.481. The van der Waals surface area contributed by atoms with Crippen molar-refractivity contribution in [1.82, 2.24) is 19.2 Å². The van der Waals surface area contributed by atoms with Crippen LogP contribution in [0.3, 0.4) is 0 Å². The van der Waals surface area contributed by atoms with E-state index in [-0.39, 0.29) is 6.04 Å². The number of benzene rings is 2. The van der Waals surface area contributed by atoms with Gasteiger partial charge in [0, 0.05) is 44.7 Å². The van der Waals surface area contributed by atoms with Crippen molar-refractivity contribution in [1.29, 1.82) is 0 Å². The number of hydrogen-bond donors (Lipinski definition) is 0. The second kappa shape index (κ2) is 10.4. The van der Waals surface area contributed by atoms with E-state index in [2.05, 4.69) is 36.6 Å². The maximum atomic E-state index is 13.2. The van der Waals surface area contributed by atoms with Crippen molar-refractivity contribution >= 4 is 26.7 Å². The van der Waals surface area contributed by atoms with Gasteiger partial charge in [-0.3, -0.25) is 4.90 Å². The number of para-hydroxylation sites is 1. The van der Waals surface area contributed by atoms with Crippen LogP contribution in [0.4, 0.5) is 5.82 Å². The van der Waals surface area contributed by atoms with Crippen molar-refractivity contribution < 1.29 is 13.2 Å². The van der Waals surface area contributed by atoms with Crippen LogP contribution in [0.5, 0.6) is 0 Å². The first-order chi connectivity index (χ1) is 17.3. The molecule has 192 valence electrons. The topological polar surface area (TPSA) is 78.9 Å². The van der Waals surface area contributed by atoms with Gasteiger partial charge in [0.05, 0.1) is 29.7 Å². The van der Waals surface area contributed by atoms with E-state index < -0.39 is 10.0 Å². The third kappa shape index (κ3) is 4.98. The number of ether oxygens (including phenoxy) is 1. The summed E-state index contributed by atoms with van der Waals surface area (Å²) in [6.45, 7) is 11.5. The van der Waals surface area contributed by atoms with Gasteiger partial charge in [0.15, 0.2) is 0 Å². The molecule has 3 heterocycles. The van der Waals surface area contributed by atoms with Crippen LogP contribution in [-0.4, -0.2) is 80.1 Å². The van der Waals surface area contributed by atoms with Crippen molar-refractivity contribution in [2.24, 2.45) is 0 Å². The lowest BCUT2D eigenvalue weighted by atomic mass is 10.0. The first-order valence-electron chi connectivity index (χ1n) is 12.8. The molecule has 2 fully saturated rings. The molecule has 0 N–H and O–H groups in total. The molecule has 9 heteroatoms. The van der Waals surface area contributed by atoms with Crippen LogP contribution in [0.1, 0.15) is 44.1 Å². The summed E-state index contributed by atoms with van der Waals surface area (Å²) in [7, 11) is -3.51. The molecule has 2 aromatic carbocycles. The van der Waals surface area contributed by atoms with Crippen LogP contribution in [0.25, 0.3) is 10.9 Å². The van der Waals surface area contributed by atoms with Gasteiger partial charge in [-0.15, -0.1) is 0 Å². The highest BCUT2D eigenvalue weighted by molar-refractivity contribution is 7.89. The molecule has 1 atom stereocenters. The zero-order valence-electron chi connectivity index (χ0n) is 21.3. The Bertz CT molecular complexity index is 1300. The van der Waals surface area contributed by atoms with Crippen molar-refractivity contribution in [3.63, 3.8) is 0 Å². The Labute approximate surface area is 213 Å². The first kappa shape index (κ1) is 25.1. The second-order valence-corrected chi connectivity index (χ2v) is 11.8. The highest BCUT2D eigenvalue weighted by Crippen LogP contribution is 2.29. The average molecular weight is 510 g/mol. The van der Waals surface area contributed by atoms with Gasteiger partial charge in [-0.25, -0.2) is 18.4 Å². The molecule has 0 bridgehead atoms. The molecule has 5 rings (SSSR count). The number of hydrogen-bond acceptors (Lipinski definition) is 7. The van der Waals surface area contributed by atoms with E-state index in [4.69, 9.17) is 14.7 Å². The van der Waals surface area contributed by atoms with E-state index in [0.29, 0.717) is 50.2 Å². The van der Waals surface area contributed by atoms with Gasteiger partial charge in [-0.1, -0.05) is 38.1 Å². The molecule has 1 unspecified atom stereocenters. The number of morpholine rings is 1. The summed E-state index contributed by atoms with van der Waals surface area (Å²) in [5.41, 5.74) is 2.07. The smallest absolute Gasteiger partial charge is 0.243 e. The van der Waals surface area contributed by atoms with Crippen molar-refractivity contribution in [3.05, 3.63) is 59.9 Å². The Morgan fingerprint density at radius 3 is 2.17 bits per heavy atom. The highest BCUT2D eigenvalue weighted by atomic mass is 32.2. The van der Waals surface area contributed by atoms with Gasteiger partial charge in [-0.2, -0.15) is 4.31 Å². The second-order valence-electron chi connectivity index (χ2n) is 9.86. The first-order valence-corrected chi connectivity index (χ1v) is 14.2. The Morgan fingerprint density at radius 2 is 1.50 bits per heavy atom. The lowest BCUT2D eigenvalue weighted by molar-refractivity contribution is 0.122. The Hall–Kier alpha value is -2.59. The van der Waals surface area contributed by atoms with Crippen molar-refractivity contribution in [3.8, 4) is 0 Å². The third-order valence-corrected chi connectivity index (χ3v) is 9.20. The van der Waals surface area contributed by atoms with Crippen LogP contribution < -0.4 is 4.90 Å². The zero-order valence-corrected chi connectivity index (χ0v) is 22.1. The monoisotopic (exact) mass is 509 g/mol. The molecule has 0 radical (unpaired) electrons. The van der Waals surface area contributed by atoms with E-state index in [1.54, 1.807) is 16.4 Å². The number of fused-ring (bicyclic) bond motifs is 1. The fourth-order valence-electron chi connectivity index (χ4n) is 4.95. The van der Waals surface area contributed by atoms with E-state index in [0.717, 1.165) is 41.2 Å². The van der Waals surface area contributed by atoms with Gasteiger partial charge in [0.2, 0.25) is 10.0 Å². The number of anilines is 1. The molecule has 8 nitrogen and oxygen atoms in total. The number of rotatable bonds is 6. The number of piperazine rings is 1. The van der Waals surface area contributed by atoms with Crippen LogP contribution >= 0.6 is 0 Å². The molecular formula is C27H35N5O3S. The Morgan fingerprint density at radius 1 is 0.833 bits per heavy atom. The summed E-state index contributed by atoms with van der Waals surface area (Å²) in [5.74, 6) is 2.10. The van der Waals surface area contributed by atoms with Gasteiger partial charge < -0.3 is 9.64 Å². The quantitative estimate of drug-likeness (QED) is 0.502. The fourth-order valence-corrected chi connectivity index (χ4v) is 6.37. The normalized spacial score (nSPS) is 19.2. The van der Waals surface area contributed by atoms with E-state index >= 15 is 0 Å². The molecule has 2 aliphatic rings. The molecule has 3 aromatic rings. The largest absolute Gasteiger partial charge is 0.378 e. The summed E-state index contributed by atoms with van der Waals surface area (Å²) >= 11 is 0. The molecule has 0 amide bonds. The van der Waals surface area contributed by atoms with Crippen LogP contribution in [0, 0.1) is 0 Å². The van der Waals surface area contributed by atoms with Crippen LogP contribution in [-0.2, 0) is 14.8 Å². The van der Waals surface area contributed by atoms with E-state index in [1.165, 1.54) is 0 Å². The summed E-state index contributed by atoms with van der Waals surface area (Å²) in [5, 5.41) is 1.05. The minimum Gasteiger partial charge on any atom is -0.378 e. The molecule has 36 heavy (non-hydrogen) atoms. The van der Waals surface area contributed by atoms with Gasteiger partial charge in [0.25, 0.3) is 0 Å². The van der Waals surface area contributed by atoms with Crippen LogP contribution in [0.2, 0.25) is 0 Å². The predicted octanol–water partition coefficient (Wildman–Crippen LogP) is 3.66. The Balaban J connectivity index is 1.32. The summed E-state index contributed by atoms with van der Waals surface area (Å²) in [4.78, 5) is 14.8. The van der Waals surface area contributed by atoms with Crippen LogP contribution in [0.15, 0.2) is 53.4 Å². The van der Waals surface area contributed by atoms with Gasteiger partial charge in [0.1, 0.15) is 11.6 Å². The number of nitrogens with zero attached hydrogens (tertiary/aromatic N) is 5. The molecule has 2 saturated heterocycles. The number of aromatic nitrogens is 2. The maximum absolute atomic E-state index is 13.2. The third-order valence-electron chi connectivity index (χ3n) is 7.29. The molecule has 1 aromatic heterocycles. The standard InChI is InChI=1S/C27H35N5O3S/c1-20(2)22-8-10-23(11-9-22)36(33,34)32-14-12-30(13-15-32)21(3)26-28-25-7-5-4-6-24(25)27(29-26)31-16-18-35-19-17-31/h4-11,20-21H,12-19H2,1-3H3. The minimum absolute atomic E-state index is 0.0235. The van der Waals surface area contributed by atoms with Gasteiger partial charge >= 0.3 is 0 Å². The molecular weight excluding hydrogens is 474 g/mol. The van der Waals surface area contributed by atoms with E-state index in [9.17, 15) is 8.42 Å². The lowest BCUT2D eigenvalue weighted by Crippen LogP contribution is -2.49. The van der Waals surface area contributed by atoms with E-state index in [1.807, 2.05) is 30.3 Å². The molecule has 0 saturated carbocycles. The Kier molecular flexibility index (Phi) is 7.25. The molecule has 0 spiro atoms. The SMILES string of the molecule is CC(C)c1ccc(S(=O)(=O)N2CCN(C(C)c3nc(N4CCOCC4)c4ccccc4n3)CC2)cc1. The average Bonchev–Trinajstić information content (AvgIpc) is 2.92. The number of sulfonamides is 1. The summed E-state index contributed by atoms with van der Waals surface area (Å²) in [6.07, 6.45) is 0. The van der Waals surface area contributed by atoms with Crippen molar-refractivity contribution in [2.45, 2.75) is 37.6 Å². The lowest BCUT2D eigenvalue weighted by Gasteiger charge is -2.37. The summed E-state index contributed by atoms with van der Waals surface area (Å²) in [6, 6.07) is 15.4. The summed E-state index contributed by atoms with van der Waals surface area (Å²) < 4.78 is 33.6. The molecule has 2 aliphatic heterocycles. The molecule has 0 aliphatic carbocycles. The highest BCUT2D eigenvalue weighted by Gasteiger charge is 2.31. The zero-order chi connectivity index (χ0) is 25.3. The van der Waals surface area contributed by atoms with Gasteiger partial charge in [-0.05, 0) is 42.7 Å². The predicted molar refractivity (Wildman–Crippen MR) is 142 cm³/mol. The van der Waals surface area contributed by atoms with Crippen molar-refractivity contribution in [2.75, 3.05) is 57.4 Å². The minimum atomic E-state index is -3.51.